The molecule has 1 aliphatic heterocycles. The highest BCUT2D eigenvalue weighted by atomic mass is 16.7. The lowest BCUT2D eigenvalue weighted by Gasteiger charge is -2.14. The fourth-order valence-corrected chi connectivity index (χ4v) is 2.27. The molecule has 2 heterocycles. The van der Waals surface area contributed by atoms with Gasteiger partial charge in [0.1, 0.15) is 0 Å². The van der Waals surface area contributed by atoms with Crippen LogP contribution in [0.25, 0.3) is 0 Å². The molecule has 1 unspecified atom stereocenters. The number of nitrogens with zero attached hydrogens (tertiary/aromatic N) is 3. The van der Waals surface area contributed by atoms with E-state index >= 15 is 0 Å². The van der Waals surface area contributed by atoms with Crippen molar-refractivity contribution in [2.75, 3.05) is 13.3 Å². The molecule has 1 atom stereocenters. The molecule has 0 saturated heterocycles. The quantitative estimate of drug-likeness (QED) is 0.647. The van der Waals surface area contributed by atoms with Crippen LogP contribution in [0.15, 0.2) is 30.5 Å². The molecule has 0 amide bonds. The van der Waals surface area contributed by atoms with Gasteiger partial charge in [0.2, 0.25) is 6.79 Å². The number of hydrogen-bond donors (Lipinski definition) is 1. The van der Waals surface area contributed by atoms with Crippen molar-refractivity contribution < 1.29 is 14.4 Å². The molecular formula is C14H16N4O4. The Morgan fingerprint density at radius 3 is 3.00 bits per heavy atom. The molecule has 0 bridgehead atoms. The van der Waals surface area contributed by atoms with Crippen LogP contribution in [0.5, 0.6) is 11.5 Å². The molecule has 0 aliphatic carbocycles. The number of nitro groups is 1. The van der Waals surface area contributed by atoms with Gasteiger partial charge in [0.05, 0.1) is 23.9 Å². The third kappa shape index (κ3) is 3.01. The first kappa shape index (κ1) is 14.3. The zero-order chi connectivity index (χ0) is 15.5. The summed E-state index contributed by atoms with van der Waals surface area (Å²) in [6, 6.07) is 7.36. The average Bonchev–Trinajstić information content (AvgIpc) is 3.15. The van der Waals surface area contributed by atoms with Gasteiger partial charge in [-0.2, -0.15) is 4.68 Å². The second-order valence-electron chi connectivity index (χ2n) is 4.98. The molecule has 1 N–H and O–H groups in total. The predicted octanol–water partition coefficient (Wildman–Crippen LogP) is 1.87. The fourth-order valence-electron chi connectivity index (χ4n) is 2.27. The van der Waals surface area contributed by atoms with Crippen molar-refractivity contribution in [1.82, 2.24) is 15.1 Å². The molecule has 8 heteroatoms. The molecule has 0 spiro atoms. The van der Waals surface area contributed by atoms with Gasteiger partial charge in [-0.1, -0.05) is 6.07 Å². The first-order chi connectivity index (χ1) is 10.6. The largest absolute Gasteiger partial charge is 0.454 e. The molecule has 116 valence electrons. The van der Waals surface area contributed by atoms with Crippen LogP contribution in [0.4, 0.5) is 5.82 Å². The Balaban J connectivity index is 1.53. The standard InChI is InChI=1S/C14H16N4O4/c1-10(11-2-3-12-13(8-11)22-9-21-12)15-5-7-17-6-4-14(16-17)18(19)20/h2-4,6,8,10,15H,5,7,9H2,1H3. The summed E-state index contributed by atoms with van der Waals surface area (Å²) in [6.45, 7) is 3.51. The zero-order valence-corrected chi connectivity index (χ0v) is 12.1. The third-order valence-corrected chi connectivity index (χ3v) is 3.50. The van der Waals surface area contributed by atoms with Crippen LogP contribution in [0.1, 0.15) is 18.5 Å². The van der Waals surface area contributed by atoms with E-state index in [4.69, 9.17) is 9.47 Å². The molecule has 1 aromatic heterocycles. The zero-order valence-electron chi connectivity index (χ0n) is 12.1. The van der Waals surface area contributed by atoms with Crippen molar-refractivity contribution in [3.63, 3.8) is 0 Å². The van der Waals surface area contributed by atoms with E-state index in [1.165, 1.54) is 6.07 Å². The van der Waals surface area contributed by atoms with Crippen molar-refractivity contribution in [1.29, 1.82) is 0 Å². The number of rotatable bonds is 6. The lowest BCUT2D eigenvalue weighted by atomic mass is 10.1. The van der Waals surface area contributed by atoms with Crippen LogP contribution in [0.3, 0.4) is 0 Å². The SMILES string of the molecule is CC(NCCn1ccc([N+](=O)[O-])n1)c1ccc2c(c1)OCO2. The van der Waals surface area contributed by atoms with Crippen molar-refractivity contribution in [3.8, 4) is 11.5 Å². The summed E-state index contributed by atoms with van der Waals surface area (Å²) in [4.78, 5) is 10.1. The maximum atomic E-state index is 10.6. The van der Waals surface area contributed by atoms with Crippen LogP contribution < -0.4 is 14.8 Å². The van der Waals surface area contributed by atoms with E-state index in [-0.39, 0.29) is 18.7 Å². The number of hydrogen-bond acceptors (Lipinski definition) is 6. The second-order valence-corrected chi connectivity index (χ2v) is 4.98. The minimum Gasteiger partial charge on any atom is -0.454 e. The van der Waals surface area contributed by atoms with Crippen LogP contribution >= 0.6 is 0 Å². The summed E-state index contributed by atoms with van der Waals surface area (Å²) in [6.07, 6.45) is 1.60. The van der Waals surface area contributed by atoms with Crippen LogP contribution in [0.2, 0.25) is 0 Å². The number of nitrogens with one attached hydrogen (secondary N) is 1. The van der Waals surface area contributed by atoms with Crippen molar-refractivity contribution in [3.05, 3.63) is 46.1 Å². The van der Waals surface area contributed by atoms with Gasteiger partial charge in [0.25, 0.3) is 0 Å². The highest BCUT2D eigenvalue weighted by Crippen LogP contribution is 2.34. The van der Waals surface area contributed by atoms with Crippen LogP contribution in [0, 0.1) is 10.1 Å². The topological polar surface area (TPSA) is 91.5 Å². The predicted molar refractivity (Wildman–Crippen MR) is 77.9 cm³/mol. The van der Waals surface area contributed by atoms with Gasteiger partial charge in [-0.05, 0) is 29.5 Å². The van der Waals surface area contributed by atoms with E-state index in [0.29, 0.717) is 13.1 Å². The Labute approximate surface area is 126 Å². The fraction of sp³-hybridized carbons (Fsp3) is 0.357. The third-order valence-electron chi connectivity index (χ3n) is 3.50. The molecule has 3 rings (SSSR count). The molecule has 0 saturated carbocycles. The van der Waals surface area contributed by atoms with E-state index < -0.39 is 4.92 Å². The maximum Gasteiger partial charge on any atom is 0.389 e. The molecule has 1 aromatic carbocycles. The van der Waals surface area contributed by atoms with Gasteiger partial charge >= 0.3 is 5.82 Å². The van der Waals surface area contributed by atoms with E-state index in [2.05, 4.69) is 10.4 Å². The Morgan fingerprint density at radius 2 is 2.23 bits per heavy atom. The second kappa shape index (κ2) is 6.02. The van der Waals surface area contributed by atoms with Gasteiger partial charge in [-0.15, -0.1) is 0 Å². The molecule has 0 fully saturated rings. The first-order valence-electron chi connectivity index (χ1n) is 6.94. The van der Waals surface area contributed by atoms with E-state index in [0.717, 1.165) is 17.1 Å². The monoisotopic (exact) mass is 304 g/mol. The smallest absolute Gasteiger partial charge is 0.389 e. The summed E-state index contributed by atoms with van der Waals surface area (Å²) in [5.74, 6) is 1.39. The molecule has 2 aromatic rings. The van der Waals surface area contributed by atoms with Crippen molar-refractivity contribution in [2.24, 2.45) is 0 Å². The number of ether oxygens (including phenoxy) is 2. The van der Waals surface area contributed by atoms with Crippen LogP contribution in [-0.2, 0) is 6.54 Å². The molecular weight excluding hydrogens is 288 g/mol. The van der Waals surface area contributed by atoms with E-state index in [1.807, 2.05) is 25.1 Å². The summed E-state index contributed by atoms with van der Waals surface area (Å²) < 4.78 is 12.2. The summed E-state index contributed by atoms with van der Waals surface area (Å²) >= 11 is 0. The normalized spacial score (nSPS) is 14.0. The number of benzene rings is 1. The van der Waals surface area contributed by atoms with Gasteiger partial charge in [0.15, 0.2) is 11.5 Å². The molecule has 8 nitrogen and oxygen atoms in total. The number of fused-ring (bicyclic) bond motifs is 1. The number of aromatic nitrogens is 2. The average molecular weight is 304 g/mol. The van der Waals surface area contributed by atoms with Crippen molar-refractivity contribution >= 4 is 5.82 Å². The van der Waals surface area contributed by atoms with Crippen molar-refractivity contribution in [2.45, 2.75) is 19.5 Å². The van der Waals surface area contributed by atoms with Gasteiger partial charge in [-0.25, -0.2) is 0 Å². The summed E-state index contributed by atoms with van der Waals surface area (Å²) in [5, 5.41) is 17.8. The van der Waals surface area contributed by atoms with Crippen LogP contribution in [-0.4, -0.2) is 28.0 Å². The summed E-state index contributed by atoms with van der Waals surface area (Å²) in [7, 11) is 0. The van der Waals surface area contributed by atoms with E-state index in [1.54, 1.807) is 10.9 Å². The lowest BCUT2D eigenvalue weighted by Crippen LogP contribution is -2.23. The molecule has 0 radical (unpaired) electrons. The van der Waals surface area contributed by atoms with Gasteiger partial charge in [-0.3, -0.25) is 0 Å². The van der Waals surface area contributed by atoms with E-state index in [9.17, 15) is 10.1 Å². The first-order valence-corrected chi connectivity index (χ1v) is 6.94. The Bertz CT molecular complexity index is 685. The lowest BCUT2D eigenvalue weighted by molar-refractivity contribution is -0.389. The Hall–Kier alpha value is -2.61. The van der Waals surface area contributed by atoms with Gasteiger partial charge in [0, 0.05) is 12.6 Å². The summed E-state index contributed by atoms with van der Waals surface area (Å²) in [5.41, 5.74) is 1.09. The minimum atomic E-state index is -0.501. The molecule has 1 aliphatic rings. The minimum absolute atomic E-state index is 0.125. The Kier molecular flexibility index (Phi) is 3.92. The molecule has 22 heavy (non-hydrogen) atoms. The highest BCUT2D eigenvalue weighted by molar-refractivity contribution is 5.45. The van der Waals surface area contributed by atoms with Gasteiger partial charge < -0.3 is 24.9 Å². The maximum absolute atomic E-state index is 10.6. The Morgan fingerprint density at radius 1 is 1.41 bits per heavy atom. The highest BCUT2D eigenvalue weighted by Gasteiger charge is 2.16.